The zero-order valence-electron chi connectivity index (χ0n) is 8.57. The maximum absolute atomic E-state index is 11.1. The predicted molar refractivity (Wildman–Crippen MR) is 63.3 cm³/mol. The Hall–Kier alpha value is -2.21. The molecule has 0 aromatic carbocycles. The zero-order valence-corrected chi connectivity index (χ0v) is 9.39. The van der Waals surface area contributed by atoms with E-state index in [1.54, 1.807) is 12.3 Å². The van der Waals surface area contributed by atoms with Crippen LogP contribution in [-0.4, -0.2) is 25.4 Å². The molecule has 6 heteroatoms. The minimum Gasteiger partial charge on any atom is -0.478 e. The summed E-state index contributed by atoms with van der Waals surface area (Å²) in [5.41, 5.74) is 1.40. The van der Waals surface area contributed by atoms with Crippen molar-refractivity contribution in [1.29, 1.82) is 0 Å². The number of hydrogen-bond acceptors (Lipinski definition) is 4. The highest BCUT2D eigenvalue weighted by Gasteiger charge is 2.14. The molecule has 3 aromatic rings. The van der Waals surface area contributed by atoms with E-state index < -0.39 is 5.97 Å². The van der Waals surface area contributed by atoms with E-state index in [2.05, 4.69) is 9.97 Å². The van der Waals surface area contributed by atoms with Crippen molar-refractivity contribution in [3.8, 4) is 11.3 Å². The van der Waals surface area contributed by atoms with Crippen LogP contribution in [0.15, 0.2) is 36.2 Å². The average molecular weight is 245 g/mol. The molecule has 0 saturated heterocycles. The summed E-state index contributed by atoms with van der Waals surface area (Å²) in [6.45, 7) is 0. The first-order chi connectivity index (χ1) is 8.25. The maximum Gasteiger partial charge on any atom is 0.337 e. The molecule has 3 rings (SSSR count). The standard InChI is InChI=1S/C11H7N3O2S/c15-10(16)8-5-12-2-1-7(8)9-6-14-3-4-17-11(14)13-9/h1-6H,(H,15,16). The largest absolute Gasteiger partial charge is 0.478 e. The Bertz CT molecular complexity index is 673. The number of carboxylic acid groups (broad SMARTS) is 1. The van der Waals surface area contributed by atoms with E-state index in [1.807, 2.05) is 22.2 Å². The lowest BCUT2D eigenvalue weighted by Crippen LogP contribution is -2.00. The van der Waals surface area contributed by atoms with Gasteiger partial charge < -0.3 is 5.11 Å². The van der Waals surface area contributed by atoms with Gasteiger partial charge in [-0.1, -0.05) is 0 Å². The molecule has 0 unspecified atom stereocenters. The first-order valence-electron chi connectivity index (χ1n) is 4.85. The van der Waals surface area contributed by atoms with Gasteiger partial charge >= 0.3 is 5.97 Å². The Morgan fingerprint density at radius 3 is 3.12 bits per heavy atom. The van der Waals surface area contributed by atoms with Crippen LogP contribution in [0.1, 0.15) is 10.4 Å². The molecule has 0 spiro atoms. The van der Waals surface area contributed by atoms with Crippen molar-refractivity contribution in [2.75, 3.05) is 0 Å². The van der Waals surface area contributed by atoms with Gasteiger partial charge in [-0.25, -0.2) is 9.78 Å². The van der Waals surface area contributed by atoms with Crippen LogP contribution in [-0.2, 0) is 0 Å². The highest BCUT2D eigenvalue weighted by molar-refractivity contribution is 7.15. The molecule has 1 N–H and O–H groups in total. The molecule has 3 heterocycles. The molecule has 0 fully saturated rings. The number of imidazole rings is 1. The summed E-state index contributed by atoms with van der Waals surface area (Å²) in [6, 6.07) is 1.66. The number of carboxylic acids is 1. The molecule has 0 radical (unpaired) electrons. The molecular weight excluding hydrogens is 238 g/mol. The second-order valence-corrected chi connectivity index (χ2v) is 4.32. The lowest BCUT2D eigenvalue weighted by molar-refractivity contribution is 0.0697. The van der Waals surface area contributed by atoms with Gasteiger partial charge in [0.2, 0.25) is 0 Å². The fourth-order valence-corrected chi connectivity index (χ4v) is 2.35. The topological polar surface area (TPSA) is 67.5 Å². The Morgan fingerprint density at radius 1 is 1.47 bits per heavy atom. The maximum atomic E-state index is 11.1. The highest BCUT2D eigenvalue weighted by atomic mass is 32.1. The summed E-state index contributed by atoms with van der Waals surface area (Å²) in [4.78, 5) is 20.1. The predicted octanol–water partition coefficient (Wildman–Crippen LogP) is 2.16. The number of aromatic nitrogens is 3. The quantitative estimate of drug-likeness (QED) is 0.751. The Kier molecular flexibility index (Phi) is 2.15. The van der Waals surface area contributed by atoms with Gasteiger partial charge in [-0.3, -0.25) is 9.38 Å². The van der Waals surface area contributed by atoms with E-state index in [1.165, 1.54) is 17.5 Å². The number of carbonyl (C=O) groups is 1. The number of aromatic carboxylic acids is 1. The molecule has 0 bridgehead atoms. The van der Waals surface area contributed by atoms with Gasteiger partial charge in [0, 0.05) is 35.7 Å². The van der Waals surface area contributed by atoms with Crippen molar-refractivity contribution < 1.29 is 9.90 Å². The molecule has 5 nitrogen and oxygen atoms in total. The van der Waals surface area contributed by atoms with Gasteiger partial charge in [0.05, 0.1) is 11.3 Å². The minimum atomic E-state index is -0.996. The van der Waals surface area contributed by atoms with Gasteiger partial charge in [0.1, 0.15) is 0 Å². The second-order valence-electron chi connectivity index (χ2n) is 3.45. The molecule has 0 aliphatic carbocycles. The van der Waals surface area contributed by atoms with Crippen LogP contribution >= 0.6 is 11.3 Å². The van der Waals surface area contributed by atoms with Crippen molar-refractivity contribution in [2.24, 2.45) is 0 Å². The summed E-state index contributed by atoms with van der Waals surface area (Å²) in [5, 5.41) is 11.0. The van der Waals surface area contributed by atoms with E-state index in [0.717, 1.165) is 4.96 Å². The molecule has 0 saturated carbocycles. The summed E-state index contributed by atoms with van der Waals surface area (Å²) < 4.78 is 1.87. The number of hydrogen-bond donors (Lipinski definition) is 1. The van der Waals surface area contributed by atoms with Crippen molar-refractivity contribution in [2.45, 2.75) is 0 Å². The molecule has 0 aliphatic rings. The Labute approximate surface area is 100 Å². The normalized spacial score (nSPS) is 10.8. The van der Waals surface area contributed by atoms with Crippen LogP contribution in [0.2, 0.25) is 0 Å². The zero-order chi connectivity index (χ0) is 11.8. The average Bonchev–Trinajstić information content (AvgIpc) is 2.88. The summed E-state index contributed by atoms with van der Waals surface area (Å²) >= 11 is 1.51. The van der Waals surface area contributed by atoms with Crippen LogP contribution in [0.3, 0.4) is 0 Å². The van der Waals surface area contributed by atoms with Crippen LogP contribution in [0.4, 0.5) is 0 Å². The lowest BCUT2D eigenvalue weighted by Gasteiger charge is -2.00. The second kappa shape index (κ2) is 3.67. The van der Waals surface area contributed by atoms with Gasteiger partial charge in [-0.05, 0) is 6.07 Å². The smallest absolute Gasteiger partial charge is 0.337 e. The Morgan fingerprint density at radius 2 is 2.35 bits per heavy atom. The number of fused-ring (bicyclic) bond motifs is 1. The number of thiazole rings is 1. The highest BCUT2D eigenvalue weighted by Crippen LogP contribution is 2.24. The number of nitrogens with zero attached hydrogens (tertiary/aromatic N) is 3. The van der Waals surface area contributed by atoms with E-state index >= 15 is 0 Å². The monoisotopic (exact) mass is 245 g/mol. The van der Waals surface area contributed by atoms with Gasteiger partial charge in [-0.15, -0.1) is 11.3 Å². The Balaban J connectivity index is 2.21. The lowest BCUT2D eigenvalue weighted by atomic mass is 10.1. The molecular formula is C11H7N3O2S. The minimum absolute atomic E-state index is 0.165. The SMILES string of the molecule is O=C(O)c1cnccc1-c1cn2ccsc2n1. The van der Waals surface area contributed by atoms with Crippen molar-refractivity contribution in [3.05, 3.63) is 41.8 Å². The summed E-state index contributed by atoms with van der Waals surface area (Å²) in [6.07, 6.45) is 6.60. The van der Waals surface area contributed by atoms with Crippen molar-refractivity contribution in [1.82, 2.24) is 14.4 Å². The molecule has 0 amide bonds. The molecule has 3 aromatic heterocycles. The molecule has 0 atom stereocenters. The third-order valence-electron chi connectivity index (χ3n) is 2.42. The van der Waals surface area contributed by atoms with Crippen LogP contribution < -0.4 is 0 Å². The van der Waals surface area contributed by atoms with Gasteiger partial charge in [0.15, 0.2) is 4.96 Å². The van der Waals surface area contributed by atoms with Crippen LogP contribution in [0.5, 0.6) is 0 Å². The fourth-order valence-electron chi connectivity index (χ4n) is 1.65. The van der Waals surface area contributed by atoms with Crippen molar-refractivity contribution >= 4 is 22.3 Å². The molecule has 17 heavy (non-hydrogen) atoms. The summed E-state index contributed by atoms with van der Waals surface area (Å²) in [5.74, 6) is -0.996. The fraction of sp³-hybridized carbons (Fsp3) is 0. The first kappa shape index (κ1) is 9.98. The van der Waals surface area contributed by atoms with Gasteiger partial charge in [0.25, 0.3) is 0 Å². The van der Waals surface area contributed by atoms with Crippen LogP contribution in [0, 0.1) is 0 Å². The third kappa shape index (κ3) is 1.58. The van der Waals surface area contributed by atoms with Crippen molar-refractivity contribution in [3.63, 3.8) is 0 Å². The molecule has 0 aliphatic heterocycles. The van der Waals surface area contributed by atoms with Crippen LogP contribution in [0.25, 0.3) is 16.2 Å². The van der Waals surface area contributed by atoms with E-state index in [4.69, 9.17) is 5.11 Å². The summed E-state index contributed by atoms with van der Waals surface area (Å²) in [7, 11) is 0. The van der Waals surface area contributed by atoms with E-state index in [-0.39, 0.29) is 5.56 Å². The van der Waals surface area contributed by atoms with E-state index in [9.17, 15) is 4.79 Å². The number of rotatable bonds is 2. The van der Waals surface area contributed by atoms with E-state index in [0.29, 0.717) is 11.3 Å². The third-order valence-corrected chi connectivity index (χ3v) is 3.19. The number of pyridine rings is 1. The molecule has 84 valence electrons. The first-order valence-corrected chi connectivity index (χ1v) is 5.73. The van der Waals surface area contributed by atoms with Gasteiger partial charge in [-0.2, -0.15) is 0 Å².